The first-order valence-corrected chi connectivity index (χ1v) is 10.8. The molecule has 1 atom stereocenters. The molecule has 158 valence electrons. The lowest BCUT2D eigenvalue weighted by atomic mass is 9.68. The Labute approximate surface area is 182 Å². The first kappa shape index (κ1) is 20.0. The van der Waals surface area contributed by atoms with Crippen molar-refractivity contribution in [1.29, 1.82) is 0 Å². The van der Waals surface area contributed by atoms with Crippen molar-refractivity contribution >= 4 is 22.2 Å². The first-order chi connectivity index (χ1) is 14.9. The number of aliphatic hydroxyl groups is 2. The number of benzene rings is 3. The van der Waals surface area contributed by atoms with Crippen molar-refractivity contribution in [3.8, 4) is 0 Å². The van der Waals surface area contributed by atoms with Crippen LogP contribution in [-0.2, 0) is 18.0 Å². The molecule has 0 amide bonds. The van der Waals surface area contributed by atoms with Crippen molar-refractivity contribution in [1.82, 2.24) is 0 Å². The van der Waals surface area contributed by atoms with E-state index in [1.54, 1.807) is 0 Å². The number of rotatable bonds is 3. The van der Waals surface area contributed by atoms with Gasteiger partial charge in [-0.3, -0.25) is 4.79 Å². The quantitative estimate of drug-likeness (QED) is 0.564. The average molecular weight is 414 g/mol. The van der Waals surface area contributed by atoms with Crippen molar-refractivity contribution in [2.75, 3.05) is 5.32 Å². The van der Waals surface area contributed by atoms with Crippen LogP contribution in [0.4, 0.5) is 5.69 Å². The summed E-state index contributed by atoms with van der Waals surface area (Å²) in [6, 6.07) is 18.3. The summed E-state index contributed by atoms with van der Waals surface area (Å²) in [4.78, 5) is 13.5. The van der Waals surface area contributed by atoms with E-state index in [1.807, 2.05) is 30.3 Å². The summed E-state index contributed by atoms with van der Waals surface area (Å²) in [5.41, 5.74) is 6.28. The summed E-state index contributed by atoms with van der Waals surface area (Å²) in [7, 11) is 0. The minimum atomic E-state index is -0.209. The molecule has 3 aromatic carbocycles. The smallest absolute Gasteiger partial charge is 0.162 e. The number of carbonyl (C=O) groups excluding carboxylic acids is 1. The van der Waals surface area contributed by atoms with Crippen LogP contribution in [0.3, 0.4) is 0 Å². The molecular formula is C27H27NO3. The summed E-state index contributed by atoms with van der Waals surface area (Å²) in [6.07, 6.45) is 1.34. The lowest BCUT2D eigenvalue weighted by molar-refractivity contribution is -0.118. The number of allylic oxidation sites excluding steroid dienone is 2. The third-order valence-corrected chi connectivity index (χ3v) is 6.66. The number of ketones is 1. The van der Waals surface area contributed by atoms with E-state index in [2.05, 4.69) is 43.4 Å². The largest absolute Gasteiger partial charge is 0.392 e. The molecule has 0 bridgehead atoms. The molecule has 2 aliphatic rings. The summed E-state index contributed by atoms with van der Waals surface area (Å²) < 4.78 is 0. The Morgan fingerprint density at radius 1 is 0.968 bits per heavy atom. The average Bonchev–Trinajstić information content (AvgIpc) is 2.76. The van der Waals surface area contributed by atoms with E-state index in [0.29, 0.717) is 17.5 Å². The van der Waals surface area contributed by atoms with Crippen LogP contribution >= 0.6 is 0 Å². The van der Waals surface area contributed by atoms with Gasteiger partial charge in [-0.2, -0.15) is 0 Å². The predicted octanol–water partition coefficient (Wildman–Crippen LogP) is 5.03. The van der Waals surface area contributed by atoms with Gasteiger partial charge in [-0.15, -0.1) is 0 Å². The second-order valence-corrected chi connectivity index (χ2v) is 9.48. The molecule has 1 aliphatic carbocycles. The minimum Gasteiger partial charge on any atom is -0.392 e. The lowest BCUT2D eigenvalue weighted by Crippen LogP contribution is -2.34. The SMILES string of the molecule is CC1(C)CC(=O)C2=C(C1)Nc1ccc3ccccc3c1C2c1ccc(CO)c(CO)c1. The first-order valence-electron chi connectivity index (χ1n) is 10.8. The van der Waals surface area contributed by atoms with Gasteiger partial charge >= 0.3 is 0 Å². The van der Waals surface area contributed by atoms with Crippen molar-refractivity contribution in [3.63, 3.8) is 0 Å². The number of hydrogen-bond donors (Lipinski definition) is 3. The van der Waals surface area contributed by atoms with Crippen molar-refractivity contribution in [2.45, 2.75) is 45.8 Å². The van der Waals surface area contributed by atoms with Crippen LogP contribution in [0, 0.1) is 5.41 Å². The highest BCUT2D eigenvalue weighted by Gasteiger charge is 2.41. The van der Waals surface area contributed by atoms with E-state index < -0.39 is 0 Å². The third-order valence-electron chi connectivity index (χ3n) is 6.66. The molecule has 1 aliphatic heterocycles. The molecule has 4 heteroatoms. The number of anilines is 1. The Morgan fingerprint density at radius 2 is 1.74 bits per heavy atom. The Morgan fingerprint density at radius 3 is 2.52 bits per heavy atom. The molecular weight excluding hydrogens is 386 g/mol. The Hall–Kier alpha value is -2.95. The molecule has 5 rings (SSSR count). The maximum Gasteiger partial charge on any atom is 0.162 e. The highest BCUT2D eigenvalue weighted by Crippen LogP contribution is 2.51. The molecule has 0 saturated carbocycles. The van der Waals surface area contributed by atoms with Gasteiger partial charge < -0.3 is 15.5 Å². The summed E-state index contributed by atoms with van der Waals surface area (Å²) in [5, 5.41) is 25.4. The van der Waals surface area contributed by atoms with Gasteiger partial charge in [-0.25, -0.2) is 0 Å². The van der Waals surface area contributed by atoms with Crippen LogP contribution in [0.15, 0.2) is 65.9 Å². The van der Waals surface area contributed by atoms with Crippen LogP contribution in [0.25, 0.3) is 10.8 Å². The Balaban J connectivity index is 1.80. The number of aliphatic hydroxyl groups excluding tert-OH is 2. The molecule has 4 nitrogen and oxygen atoms in total. The van der Waals surface area contributed by atoms with Gasteiger partial charge in [-0.05, 0) is 50.9 Å². The fraction of sp³-hybridized carbons (Fsp3) is 0.296. The molecule has 31 heavy (non-hydrogen) atoms. The lowest BCUT2D eigenvalue weighted by Gasteiger charge is -2.40. The Bertz CT molecular complexity index is 1240. The topological polar surface area (TPSA) is 69.6 Å². The van der Waals surface area contributed by atoms with Gasteiger partial charge in [0.05, 0.1) is 13.2 Å². The number of fused-ring (bicyclic) bond motifs is 3. The number of nitrogens with one attached hydrogen (secondary N) is 1. The van der Waals surface area contributed by atoms with Crippen LogP contribution in [-0.4, -0.2) is 16.0 Å². The fourth-order valence-corrected chi connectivity index (χ4v) is 5.26. The number of carbonyl (C=O) groups is 1. The van der Waals surface area contributed by atoms with E-state index in [0.717, 1.165) is 45.3 Å². The summed E-state index contributed by atoms with van der Waals surface area (Å²) in [6.45, 7) is 4.01. The van der Waals surface area contributed by atoms with Crippen molar-refractivity contribution < 1.29 is 15.0 Å². The molecule has 1 unspecified atom stereocenters. The molecule has 0 saturated heterocycles. The zero-order chi connectivity index (χ0) is 21.8. The zero-order valence-electron chi connectivity index (χ0n) is 17.9. The third kappa shape index (κ3) is 3.27. The van der Waals surface area contributed by atoms with Crippen LogP contribution in [0.5, 0.6) is 0 Å². The van der Waals surface area contributed by atoms with Gasteiger partial charge in [-0.1, -0.05) is 62.4 Å². The number of Topliss-reactive ketones (excluding diaryl/α,β-unsaturated/α-hetero) is 1. The van der Waals surface area contributed by atoms with Crippen LogP contribution in [0.1, 0.15) is 54.9 Å². The predicted molar refractivity (Wildman–Crippen MR) is 123 cm³/mol. The van der Waals surface area contributed by atoms with E-state index in [-0.39, 0.29) is 30.3 Å². The maximum absolute atomic E-state index is 13.5. The second-order valence-electron chi connectivity index (χ2n) is 9.48. The number of hydrogen-bond acceptors (Lipinski definition) is 4. The van der Waals surface area contributed by atoms with E-state index in [1.165, 1.54) is 0 Å². The van der Waals surface area contributed by atoms with Crippen molar-refractivity contribution in [2.24, 2.45) is 5.41 Å². The fourth-order valence-electron chi connectivity index (χ4n) is 5.26. The Kier molecular flexibility index (Phi) is 4.72. The molecule has 3 N–H and O–H groups in total. The summed E-state index contributed by atoms with van der Waals surface area (Å²) >= 11 is 0. The van der Waals surface area contributed by atoms with Crippen LogP contribution in [0.2, 0.25) is 0 Å². The zero-order valence-corrected chi connectivity index (χ0v) is 17.9. The van der Waals surface area contributed by atoms with Crippen LogP contribution < -0.4 is 5.32 Å². The standard InChI is InChI=1S/C27H27NO3/c1-27(2)12-22-26(23(31)13-27)24(17-7-8-18(14-29)19(11-17)15-30)25-20-6-4-3-5-16(20)9-10-21(25)28-22/h3-11,24,28-30H,12-15H2,1-2H3. The van der Waals surface area contributed by atoms with Gasteiger partial charge in [0.2, 0.25) is 0 Å². The van der Waals surface area contributed by atoms with E-state index >= 15 is 0 Å². The van der Waals surface area contributed by atoms with Gasteiger partial charge in [0, 0.05) is 29.3 Å². The monoisotopic (exact) mass is 413 g/mol. The highest BCUT2D eigenvalue weighted by molar-refractivity contribution is 6.04. The molecule has 0 aromatic heterocycles. The normalized spacial score (nSPS) is 19.7. The van der Waals surface area contributed by atoms with E-state index in [9.17, 15) is 15.0 Å². The molecule has 0 spiro atoms. The molecule has 3 aromatic rings. The molecule has 0 fully saturated rings. The van der Waals surface area contributed by atoms with Gasteiger partial charge in [0.25, 0.3) is 0 Å². The maximum atomic E-state index is 13.5. The second kappa shape index (κ2) is 7.33. The molecule has 0 radical (unpaired) electrons. The summed E-state index contributed by atoms with van der Waals surface area (Å²) in [5.74, 6) is -0.0295. The van der Waals surface area contributed by atoms with E-state index in [4.69, 9.17) is 0 Å². The van der Waals surface area contributed by atoms with Gasteiger partial charge in [0.15, 0.2) is 5.78 Å². The minimum absolute atomic E-state index is 0.0845. The highest BCUT2D eigenvalue weighted by atomic mass is 16.3. The van der Waals surface area contributed by atoms with Crippen molar-refractivity contribution in [3.05, 3.63) is 88.1 Å². The molecule has 1 heterocycles. The van der Waals surface area contributed by atoms with Gasteiger partial charge in [0.1, 0.15) is 0 Å².